The van der Waals surface area contributed by atoms with Crippen LogP contribution in [-0.4, -0.2) is 59.4 Å². The molecule has 0 amide bonds. The standard InChI is InChI=1S/C9H18O6/c1-7(8(13)14)2-15-6-9(3-10,4-11)5-12/h7,10-12H,2-6H2,1H3,(H,13,14). The molecule has 1 atom stereocenters. The zero-order valence-corrected chi connectivity index (χ0v) is 8.72. The van der Waals surface area contributed by atoms with Crippen LogP contribution in [0, 0.1) is 11.3 Å². The number of carboxylic acids is 1. The van der Waals surface area contributed by atoms with Gasteiger partial charge in [0, 0.05) is 0 Å². The summed E-state index contributed by atoms with van der Waals surface area (Å²) in [6.45, 7) is 0.149. The van der Waals surface area contributed by atoms with Gasteiger partial charge in [-0.25, -0.2) is 0 Å². The second kappa shape index (κ2) is 6.73. The van der Waals surface area contributed by atoms with Gasteiger partial charge in [-0.05, 0) is 6.92 Å². The topological polar surface area (TPSA) is 107 Å². The molecule has 0 rings (SSSR count). The Hall–Kier alpha value is -0.690. The van der Waals surface area contributed by atoms with Gasteiger partial charge in [0.1, 0.15) is 0 Å². The molecule has 6 heteroatoms. The number of carboxylic acid groups (broad SMARTS) is 1. The minimum atomic E-state index is -1.10. The summed E-state index contributed by atoms with van der Waals surface area (Å²) in [7, 11) is 0. The van der Waals surface area contributed by atoms with Crippen LogP contribution in [0.25, 0.3) is 0 Å². The molecule has 0 aromatic heterocycles. The Bertz CT molecular complexity index is 181. The molecule has 15 heavy (non-hydrogen) atoms. The molecule has 1 unspecified atom stereocenters. The van der Waals surface area contributed by atoms with E-state index in [0.29, 0.717) is 0 Å². The van der Waals surface area contributed by atoms with Crippen molar-refractivity contribution < 1.29 is 30.0 Å². The lowest BCUT2D eigenvalue weighted by Crippen LogP contribution is -2.39. The smallest absolute Gasteiger partial charge is 0.308 e. The first-order chi connectivity index (χ1) is 7.01. The summed E-state index contributed by atoms with van der Waals surface area (Å²) in [4.78, 5) is 10.4. The number of carbonyl (C=O) groups is 1. The van der Waals surface area contributed by atoms with Crippen molar-refractivity contribution in [1.29, 1.82) is 0 Å². The van der Waals surface area contributed by atoms with E-state index < -0.39 is 37.1 Å². The van der Waals surface area contributed by atoms with Crippen LogP contribution in [0.3, 0.4) is 0 Å². The quantitative estimate of drug-likeness (QED) is 0.406. The van der Waals surface area contributed by atoms with Gasteiger partial charge in [0.25, 0.3) is 0 Å². The van der Waals surface area contributed by atoms with E-state index in [1.807, 2.05) is 0 Å². The Labute approximate surface area is 88.1 Å². The Morgan fingerprint density at radius 2 is 1.73 bits per heavy atom. The molecule has 0 aromatic rings. The van der Waals surface area contributed by atoms with Crippen molar-refractivity contribution in [2.45, 2.75) is 6.92 Å². The van der Waals surface area contributed by atoms with Gasteiger partial charge in [-0.1, -0.05) is 0 Å². The number of rotatable bonds is 8. The van der Waals surface area contributed by atoms with Crippen molar-refractivity contribution in [3.8, 4) is 0 Å². The van der Waals surface area contributed by atoms with E-state index in [-0.39, 0.29) is 13.2 Å². The average Bonchev–Trinajstić information content (AvgIpc) is 2.24. The molecule has 0 heterocycles. The molecule has 0 saturated carbocycles. The van der Waals surface area contributed by atoms with Gasteiger partial charge in [-0.15, -0.1) is 0 Å². The van der Waals surface area contributed by atoms with Gasteiger partial charge < -0.3 is 25.2 Å². The fourth-order valence-electron chi connectivity index (χ4n) is 0.810. The molecule has 0 aliphatic rings. The molecule has 0 spiro atoms. The normalized spacial score (nSPS) is 13.9. The van der Waals surface area contributed by atoms with Gasteiger partial charge in [0.05, 0.1) is 44.4 Å². The zero-order valence-electron chi connectivity index (χ0n) is 8.72. The predicted octanol–water partition coefficient (Wildman–Crippen LogP) is -1.31. The second-order valence-electron chi connectivity index (χ2n) is 3.73. The first kappa shape index (κ1) is 14.3. The van der Waals surface area contributed by atoms with E-state index in [4.69, 9.17) is 25.2 Å². The van der Waals surface area contributed by atoms with Crippen molar-refractivity contribution in [2.75, 3.05) is 33.0 Å². The highest BCUT2D eigenvalue weighted by molar-refractivity contribution is 5.69. The molecule has 6 nitrogen and oxygen atoms in total. The Balaban J connectivity index is 3.96. The van der Waals surface area contributed by atoms with E-state index in [1.165, 1.54) is 6.92 Å². The average molecular weight is 222 g/mol. The Kier molecular flexibility index (Phi) is 6.42. The number of aliphatic carboxylic acids is 1. The van der Waals surface area contributed by atoms with Crippen molar-refractivity contribution in [3.05, 3.63) is 0 Å². The number of hydrogen-bond donors (Lipinski definition) is 4. The highest BCUT2D eigenvalue weighted by atomic mass is 16.5. The molecule has 0 aliphatic heterocycles. The number of hydrogen-bond acceptors (Lipinski definition) is 5. The van der Waals surface area contributed by atoms with Crippen LogP contribution in [0.5, 0.6) is 0 Å². The van der Waals surface area contributed by atoms with E-state index in [1.54, 1.807) is 0 Å². The summed E-state index contributed by atoms with van der Waals surface area (Å²) < 4.78 is 5.03. The molecule has 0 fully saturated rings. The Morgan fingerprint density at radius 3 is 2.07 bits per heavy atom. The molecule has 0 radical (unpaired) electrons. The van der Waals surface area contributed by atoms with Crippen molar-refractivity contribution in [2.24, 2.45) is 11.3 Å². The summed E-state index contributed by atoms with van der Waals surface area (Å²) in [5.74, 6) is -1.63. The highest BCUT2D eigenvalue weighted by Crippen LogP contribution is 2.15. The minimum Gasteiger partial charge on any atom is -0.481 e. The summed E-state index contributed by atoms with van der Waals surface area (Å²) in [6, 6.07) is 0. The summed E-state index contributed by atoms with van der Waals surface area (Å²) in [5, 5.41) is 35.4. The molecule has 0 aromatic carbocycles. The lowest BCUT2D eigenvalue weighted by molar-refractivity contribution is -0.144. The fourth-order valence-corrected chi connectivity index (χ4v) is 0.810. The number of aliphatic hydroxyl groups is 3. The zero-order chi connectivity index (χ0) is 11.9. The van der Waals surface area contributed by atoms with Crippen LogP contribution in [0.1, 0.15) is 6.92 Å². The van der Waals surface area contributed by atoms with Crippen LogP contribution in [0.15, 0.2) is 0 Å². The maximum Gasteiger partial charge on any atom is 0.308 e. The molecule has 0 aliphatic carbocycles. The SMILES string of the molecule is CC(COCC(CO)(CO)CO)C(=O)O. The van der Waals surface area contributed by atoms with Crippen molar-refractivity contribution >= 4 is 5.97 Å². The maximum atomic E-state index is 10.4. The van der Waals surface area contributed by atoms with Crippen LogP contribution in [0.2, 0.25) is 0 Å². The molecule has 0 bridgehead atoms. The van der Waals surface area contributed by atoms with E-state index in [9.17, 15) is 4.79 Å². The van der Waals surface area contributed by atoms with Crippen molar-refractivity contribution in [3.63, 3.8) is 0 Å². The van der Waals surface area contributed by atoms with Gasteiger partial charge >= 0.3 is 5.97 Å². The Morgan fingerprint density at radius 1 is 1.27 bits per heavy atom. The maximum absolute atomic E-state index is 10.4. The minimum absolute atomic E-state index is 0.0168. The number of ether oxygens (including phenoxy) is 1. The predicted molar refractivity (Wildman–Crippen MR) is 51.3 cm³/mol. The molecular formula is C9H18O6. The molecular weight excluding hydrogens is 204 g/mol. The van der Waals surface area contributed by atoms with Crippen LogP contribution in [-0.2, 0) is 9.53 Å². The lowest BCUT2D eigenvalue weighted by atomic mass is 9.92. The van der Waals surface area contributed by atoms with Crippen LogP contribution < -0.4 is 0 Å². The summed E-state index contributed by atoms with van der Waals surface area (Å²) in [6.07, 6.45) is 0. The first-order valence-corrected chi connectivity index (χ1v) is 4.64. The lowest BCUT2D eigenvalue weighted by Gasteiger charge is -2.27. The van der Waals surface area contributed by atoms with E-state index in [2.05, 4.69) is 0 Å². The third kappa shape index (κ3) is 4.57. The summed E-state index contributed by atoms with van der Waals surface area (Å²) >= 11 is 0. The van der Waals surface area contributed by atoms with E-state index >= 15 is 0 Å². The number of aliphatic hydroxyl groups excluding tert-OH is 3. The molecule has 90 valence electrons. The third-order valence-electron chi connectivity index (χ3n) is 2.20. The van der Waals surface area contributed by atoms with E-state index in [0.717, 1.165) is 0 Å². The second-order valence-corrected chi connectivity index (χ2v) is 3.73. The van der Waals surface area contributed by atoms with Gasteiger partial charge in [0.2, 0.25) is 0 Å². The van der Waals surface area contributed by atoms with Gasteiger partial charge in [-0.2, -0.15) is 0 Å². The molecule has 0 saturated heterocycles. The largest absolute Gasteiger partial charge is 0.481 e. The van der Waals surface area contributed by atoms with Crippen LogP contribution >= 0.6 is 0 Å². The summed E-state index contributed by atoms with van der Waals surface area (Å²) in [5.41, 5.74) is -1.10. The monoisotopic (exact) mass is 222 g/mol. The molecule has 4 N–H and O–H groups in total. The van der Waals surface area contributed by atoms with Gasteiger partial charge in [-0.3, -0.25) is 4.79 Å². The van der Waals surface area contributed by atoms with Crippen molar-refractivity contribution in [1.82, 2.24) is 0 Å². The third-order valence-corrected chi connectivity index (χ3v) is 2.20. The first-order valence-electron chi connectivity index (χ1n) is 4.64. The van der Waals surface area contributed by atoms with Crippen LogP contribution in [0.4, 0.5) is 0 Å². The highest BCUT2D eigenvalue weighted by Gasteiger charge is 2.28. The fraction of sp³-hybridized carbons (Fsp3) is 0.889. The van der Waals surface area contributed by atoms with Gasteiger partial charge in [0.15, 0.2) is 0 Å².